The number of nitrogens with one attached hydrogen (secondary N) is 1. The molecule has 0 fully saturated rings. The Morgan fingerprint density at radius 1 is 0.727 bits per heavy atom. The molecular weight excluding hydrogens is 142 g/mol. The van der Waals surface area contributed by atoms with Gasteiger partial charge in [-0.15, -0.1) is 0 Å². The first-order valence-electron chi connectivity index (χ1n) is 3.82. The van der Waals surface area contributed by atoms with Crippen molar-refractivity contribution in [3.63, 3.8) is 0 Å². The van der Waals surface area contributed by atoms with Crippen molar-refractivity contribution in [2.75, 3.05) is 0 Å². The van der Waals surface area contributed by atoms with Gasteiger partial charge in [-0.1, -0.05) is 5.64 Å². The van der Waals surface area contributed by atoms with E-state index in [-0.39, 0.29) is 11.2 Å². The highest BCUT2D eigenvalue weighted by Crippen LogP contribution is 2.07. The fourth-order valence-corrected chi connectivity index (χ4v) is 0.271. The van der Waals surface area contributed by atoms with E-state index in [0.717, 1.165) is 0 Å². The summed E-state index contributed by atoms with van der Waals surface area (Å²) in [6.45, 7) is 11.7. The lowest BCUT2D eigenvalue weighted by Gasteiger charge is -2.24. The van der Waals surface area contributed by atoms with Crippen LogP contribution in [0.5, 0.6) is 0 Å². The lowest BCUT2D eigenvalue weighted by molar-refractivity contribution is -0.260. The van der Waals surface area contributed by atoms with Gasteiger partial charge in [0, 0.05) is 0 Å². The molecule has 3 heteroatoms. The largest absolute Gasteiger partial charge is 0.271 e. The summed E-state index contributed by atoms with van der Waals surface area (Å²) in [5.74, 6) is 0. The zero-order chi connectivity index (χ0) is 9.12. The predicted molar refractivity (Wildman–Crippen MR) is 44.8 cm³/mol. The van der Waals surface area contributed by atoms with Crippen LogP contribution >= 0.6 is 0 Å². The van der Waals surface area contributed by atoms with Crippen molar-refractivity contribution in [1.29, 1.82) is 0 Å². The van der Waals surface area contributed by atoms with Crippen molar-refractivity contribution >= 4 is 0 Å². The van der Waals surface area contributed by atoms with Crippen molar-refractivity contribution in [3.05, 3.63) is 0 Å². The lowest BCUT2D eigenvalue weighted by atomic mass is 10.2. The van der Waals surface area contributed by atoms with Crippen LogP contribution < -0.4 is 5.64 Å². The van der Waals surface area contributed by atoms with Gasteiger partial charge in [0.15, 0.2) is 0 Å². The molecule has 0 rings (SSSR count). The number of hydrogen-bond acceptors (Lipinski definition) is 3. The van der Waals surface area contributed by atoms with Crippen LogP contribution in [0.4, 0.5) is 0 Å². The van der Waals surface area contributed by atoms with E-state index in [0.29, 0.717) is 0 Å². The van der Waals surface area contributed by atoms with Crippen LogP contribution in [-0.4, -0.2) is 11.2 Å². The minimum absolute atomic E-state index is 0.217. The molecule has 0 aromatic carbocycles. The summed E-state index contributed by atoms with van der Waals surface area (Å²) in [4.78, 5) is 10.3. The molecule has 0 saturated carbocycles. The molecule has 0 radical (unpaired) electrons. The van der Waals surface area contributed by atoms with Crippen molar-refractivity contribution in [3.8, 4) is 0 Å². The molecule has 0 saturated heterocycles. The molecule has 0 bridgehead atoms. The molecule has 0 unspecified atom stereocenters. The van der Waals surface area contributed by atoms with Crippen molar-refractivity contribution < 1.29 is 9.68 Å². The van der Waals surface area contributed by atoms with Crippen LogP contribution in [-0.2, 0) is 9.68 Å². The standard InChI is InChI=1S/C8H19NO2/c1-7(2,3)10-9-11-8(4,5)6/h9H,1-6H3. The summed E-state index contributed by atoms with van der Waals surface area (Å²) in [5.41, 5.74) is 2.03. The lowest BCUT2D eigenvalue weighted by Crippen LogP contribution is -2.35. The van der Waals surface area contributed by atoms with Crippen LogP contribution in [0, 0.1) is 0 Å². The molecule has 0 amide bonds. The van der Waals surface area contributed by atoms with Crippen molar-refractivity contribution in [2.45, 2.75) is 52.7 Å². The van der Waals surface area contributed by atoms with Gasteiger partial charge in [0.25, 0.3) is 0 Å². The molecule has 3 nitrogen and oxygen atoms in total. The third-order valence-electron chi connectivity index (χ3n) is 0.696. The van der Waals surface area contributed by atoms with E-state index in [4.69, 9.17) is 9.68 Å². The zero-order valence-corrected chi connectivity index (χ0v) is 8.32. The second-order valence-electron chi connectivity index (χ2n) is 4.51. The molecule has 68 valence electrons. The predicted octanol–water partition coefficient (Wildman–Crippen LogP) is 2.04. The molecule has 0 aliphatic rings. The first-order chi connectivity index (χ1) is 4.71. The molecule has 0 aliphatic carbocycles. The van der Waals surface area contributed by atoms with E-state index in [2.05, 4.69) is 5.64 Å². The summed E-state index contributed by atoms with van der Waals surface area (Å²) in [6, 6.07) is 0. The highest BCUT2D eigenvalue weighted by molar-refractivity contribution is 4.57. The van der Waals surface area contributed by atoms with E-state index < -0.39 is 0 Å². The molecule has 0 aromatic heterocycles. The average molecular weight is 161 g/mol. The minimum Gasteiger partial charge on any atom is -0.271 e. The van der Waals surface area contributed by atoms with Gasteiger partial charge in [-0.2, -0.15) is 0 Å². The fraction of sp³-hybridized carbons (Fsp3) is 1.00. The molecule has 1 N–H and O–H groups in total. The Bertz CT molecular complexity index is 96.2. The van der Waals surface area contributed by atoms with Crippen molar-refractivity contribution in [1.82, 2.24) is 5.64 Å². The molecule has 0 atom stereocenters. The topological polar surface area (TPSA) is 30.5 Å². The van der Waals surface area contributed by atoms with Gasteiger partial charge in [0.1, 0.15) is 0 Å². The summed E-state index contributed by atoms with van der Waals surface area (Å²) in [5, 5.41) is 0. The second kappa shape index (κ2) is 3.52. The monoisotopic (exact) mass is 161 g/mol. The van der Waals surface area contributed by atoms with E-state index in [1.807, 2.05) is 41.5 Å². The molecular formula is C8H19NO2. The summed E-state index contributed by atoms with van der Waals surface area (Å²) >= 11 is 0. The quantitative estimate of drug-likeness (QED) is 0.629. The highest BCUT2D eigenvalue weighted by Gasteiger charge is 2.14. The maximum absolute atomic E-state index is 5.13. The highest BCUT2D eigenvalue weighted by atomic mass is 16.9. The van der Waals surface area contributed by atoms with Gasteiger partial charge in [0.2, 0.25) is 0 Å². The number of hydrogen-bond donors (Lipinski definition) is 1. The van der Waals surface area contributed by atoms with Gasteiger partial charge in [-0.25, -0.2) is 0 Å². The van der Waals surface area contributed by atoms with Gasteiger partial charge in [-0.3, -0.25) is 9.68 Å². The Morgan fingerprint density at radius 3 is 1.18 bits per heavy atom. The Kier molecular flexibility index (Phi) is 3.48. The van der Waals surface area contributed by atoms with Gasteiger partial charge in [-0.05, 0) is 41.5 Å². The van der Waals surface area contributed by atoms with E-state index in [1.54, 1.807) is 0 Å². The first kappa shape index (κ1) is 10.9. The Balaban J connectivity index is 3.44. The minimum atomic E-state index is -0.217. The average Bonchev–Trinajstić information content (AvgIpc) is 1.55. The maximum atomic E-state index is 5.13. The number of rotatable bonds is 2. The molecule has 0 aromatic rings. The molecule has 0 aliphatic heterocycles. The van der Waals surface area contributed by atoms with E-state index in [1.165, 1.54) is 0 Å². The van der Waals surface area contributed by atoms with E-state index >= 15 is 0 Å². The summed E-state index contributed by atoms with van der Waals surface area (Å²) in [6.07, 6.45) is 0. The Labute approximate surface area is 69.0 Å². The SMILES string of the molecule is CC(C)(C)ONOC(C)(C)C. The van der Waals surface area contributed by atoms with Crippen LogP contribution in [0.3, 0.4) is 0 Å². The maximum Gasteiger partial charge on any atom is 0.0839 e. The normalized spacial score (nSPS) is 13.6. The zero-order valence-electron chi connectivity index (χ0n) is 8.32. The van der Waals surface area contributed by atoms with E-state index in [9.17, 15) is 0 Å². The van der Waals surface area contributed by atoms with Crippen LogP contribution in [0.2, 0.25) is 0 Å². The van der Waals surface area contributed by atoms with Crippen LogP contribution in [0.15, 0.2) is 0 Å². The first-order valence-corrected chi connectivity index (χ1v) is 3.82. The van der Waals surface area contributed by atoms with Gasteiger partial charge >= 0.3 is 0 Å². The smallest absolute Gasteiger partial charge is 0.0839 e. The Morgan fingerprint density at radius 2 is 1.00 bits per heavy atom. The fourth-order valence-electron chi connectivity index (χ4n) is 0.271. The van der Waals surface area contributed by atoms with Crippen LogP contribution in [0.25, 0.3) is 0 Å². The van der Waals surface area contributed by atoms with Crippen LogP contribution in [0.1, 0.15) is 41.5 Å². The van der Waals surface area contributed by atoms with Gasteiger partial charge in [0.05, 0.1) is 11.2 Å². The summed E-state index contributed by atoms with van der Waals surface area (Å²) < 4.78 is 0. The molecule has 11 heavy (non-hydrogen) atoms. The molecule has 0 heterocycles. The van der Waals surface area contributed by atoms with Crippen molar-refractivity contribution in [2.24, 2.45) is 0 Å². The van der Waals surface area contributed by atoms with Gasteiger partial charge < -0.3 is 0 Å². The third-order valence-corrected chi connectivity index (χ3v) is 0.696. The second-order valence-corrected chi connectivity index (χ2v) is 4.51. The Hall–Kier alpha value is -0.120. The summed E-state index contributed by atoms with van der Waals surface area (Å²) in [7, 11) is 0. The third kappa shape index (κ3) is 9.88. The molecule has 0 spiro atoms.